The fraction of sp³-hybridized carbons (Fsp3) is 0.632. The van der Waals surface area contributed by atoms with Crippen molar-refractivity contribution >= 4 is 6.09 Å². The van der Waals surface area contributed by atoms with Crippen LogP contribution in [0.5, 0.6) is 5.75 Å². The molecule has 1 aromatic carbocycles. The summed E-state index contributed by atoms with van der Waals surface area (Å²) in [6.07, 6.45) is 0.520. The third kappa shape index (κ3) is 3.75. The first-order valence-electron chi connectivity index (χ1n) is 8.68. The number of morpholine rings is 1. The monoisotopic (exact) mass is 349 g/mol. The number of aliphatic hydroxyl groups is 1. The molecule has 138 valence electrons. The number of hydrogen-bond acceptors (Lipinski definition) is 5. The molecule has 0 saturated carbocycles. The molecular weight excluding hydrogens is 322 g/mol. The molecule has 1 aromatic rings. The Morgan fingerprint density at radius 3 is 2.24 bits per heavy atom. The molecule has 6 nitrogen and oxygen atoms in total. The maximum absolute atomic E-state index is 12.6. The van der Waals surface area contributed by atoms with Gasteiger partial charge in [0.2, 0.25) is 0 Å². The number of nitrogens with zero attached hydrogens (tertiary/aromatic N) is 1. The summed E-state index contributed by atoms with van der Waals surface area (Å²) < 4.78 is 16.4. The van der Waals surface area contributed by atoms with Crippen molar-refractivity contribution in [2.45, 2.75) is 56.9 Å². The molecule has 2 saturated heterocycles. The van der Waals surface area contributed by atoms with Gasteiger partial charge in [0.1, 0.15) is 11.4 Å². The van der Waals surface area contributed by atoms with Crippen molar-refractivity contribution in [3.63, 3.8) is 0 Å². The molecule has 2 bridgehead atoms. The van der Waals surface area contributed by atoms with Crippen LogP contribution in [0.2, 0.25) is 0 Å². The molecule has 2 atom stereocenters. The van der Waals surface area contributed by atoms with Crippen molar-refractivity contribution < 1.29 is 24.1 Å². The normalized spacial score (nSPS) is 29.2. The highest BCUT2D eigenvalue weighted by molar-refractivity contribution is 5.69. The number of methoxy groups -OCH3 is 1. The Bertz CT molecular complexity index is 608. The molecular formula is C19H27NO5. The van der Waals surface area contributed by atoms with Crippen LogP contribution in [0.1, 0.15) is 39.2 Å². The molecule has 6 heteroatoms. The van der Waals surface area contributed by atoms with Crippen LogP contribution in [0.3, 0.4) is 0 Å². The van der Waals surface area contributed by atoms with E-state index in [4.69, 9.17) is 14.2 Å². The van der Waals surface area contributed by atoms with Gasteiger partial charge >= 0.3 is 6.09 Å². The van der Waals surface area contributed by atoms with Crippen LogP contribution in [0.25, 0.3) is 0 Å². The predicted octanol–water partition coefficient (Wildman–Crippen LogP) is 2.68. The van der Waals surface area contributed by atoms with Gasteiger partial charge in [-0.2, -0.15) is 0 Å². The van der Waals surface area contributed by atoms with E-state index < -0.39 is 11.2 Å². The molecule has 25 heavy (non-hydrogen) atoms. The quantitative estimate of drug-likeness (QED) is 0.889. The van der Waals surface area contributed by atoms with Crippen molar-refractivity contribution in [3.05, 3.63) is 29.8 Å². The van der Waals surface area contributed by atoms with Crippen molar-refractivity contribution in [3.8, 4) is 5.75 Å². The number of ether oxygens (including phenoxy) is 3. The average Bonchev–Trinajstić information content (AvgIpc) is 2.52. The van der Waals surface area contributed by atoms with E-state index >= 15 is 0 Å². The maximum atomic E-state index is 12.6. The van der Waals surface area contributed by atoms with Crippen molar-refractivity contribution in [1.29, 1.82) is 0 Å². The Morgan fingerprint density at radius 2 is 1.76 bits per heavy atom. The second kappa shape index (κ2) is 6.50. The Hall–Kier alpha value is -1.79. The van der Waals surface area contributed by atoms with E-state index in [1.165, 1.54) is 0 Å². The van der Waals surface area contributed by atoms with Gasteiger partial charge < -0.3 is 19.3 Å². The van der Waals surface area contributed by atoms with Crippen LogP contribution in [-0.2, 0) is 15.1 Å². The second-order valence-corrected chi connectivity index (χ2v) is 7.90. The van der Waals surface area contributed by atoms with Crippen molar-refractivity contribution in [2.75, 3.05) is 20.3 Å². The zero-order valence-electron chi connectivity index (χ0n) is 15.3. The largest absolute Gasteiger partial charge is 0.497 e. The lowest BCUT2D eigenvalue weighted by Crippen LogP contribution is -2.63. The van der Waals surface area contributed by atoms with Crippen LogP contribution < -0.4 is 4.74 Å². The maximum Gasteiger partial charge on any atom is 0.410 e. The molecule has 0 spiro atoms. The van der Waals surface area contributed by atoms with Crippen LogP contribution in [0.15, 0.2) is 24.3 Å². The van der Waals surface area contributed by atoms with Gasteiger partial charge in [-0.05, 0) is 38.5 Å². The first kappa shape index (κ1) is 18.0. The highest BCUT2D eigenvalue weighted by Crippen LogP contribution is 2.41. The van der Waals surface area contributed by atoms with Gasteiger partial charge in [0.25, 0.3) is 0 Å². The summed E-state index contributed by atoms with van der Waals surface area (Å²) in [6, 6.07) is 7.07. The summed E-state index contributed by atoms with van der Waals surface area (Å²) in [5.74, 6) is 0.752. The van der Waals surface area contributed by atoms with E-state index in [-0.39, 0.29) is 18.2 Å². The highest BCUT2D eigenvalue weighted by Gasteiger charge is 2.49. The van der Waals surface area contributed by atoms with Crippen LogP contribution in [-0.4, -0.2) is 54.1 Å². The van der Waals surface area contributed by atoms with E-state index in [9.17, 15) is 9.90 Å². The Labute approximate surface area is 148 Å². The lowest BCUT2D eigenvalue weighted by atomic mass is 9.77. The molecule has 2 fully saturated rings. The van der Waals surface area contributed by atoms with Gasteiger partial charge in [-0.15, -0.1) is 0 Å². The van der Waals surface area contributed by atoms with E-state index in [1.807, 2.05) is 45.0 Å². The molecule has 3 rings (SSSR count). The Morgan fingerprint density at radius 1 is 1.20 bits per heavy atom. The average molecular weight is 349 g/mol. The standard InChI is InChI=1S/C19H27NO5/c1-18(2,3)25-17(21)20-14-9-19(22,10-15(20)12-24-11-14)13-5-7-16(23-4)8-6-13/h5-8,14-15,22H,9-12H2,1-4H3. The molecule has 2 aliphatic rings. The predicted molar refractivity (Wildman–Crippen MR) is 92.6 cm³/mol. The fourth-order valence-electron chi connectivity index (χ4n) is 3.73. The zero-order chi connectivity index (χ0) is 18.2. The molecule has 2 aliphatic heterocycles. The van der Waals surface area contributed by atoms with E-state index in [1.54, 1.807) is 12.0 Å². The fourth-order valence-corrected chi connectivity index (χ4v) is 3.73. The summed E-state index contributed by atoms with van der Waals surface area (Å²) in [5, 5.41) is 11.3. The summed E-state index contributed by atoms with van der Waals surface area (Å²) in [5.41, 5.74) is -0.686. The Balaban J connectivity index is 1.81. The number of carbonyl (C=O) groups excluding carboxylic acids is 1. The van der Waals surface area contributed by atoms with Gasteiger partial charge in [0, 0.05) is 12.8 Å². The molecule has 1 amide bonds. The highest BCUT2D eigenvalue weighted by atomic mass is 16.6. The van der Waals surface area contributed by atoms with Gasteiger partial charge in [-0.3, -0.25) is 4.90 Å². The van der Waals surface area contributed by atoms with Crippen molar-refractivity contribution in [1.82, 2.24) is 4.90 Å². The summed E-state index contributed by atoms with van der Waals surface area (Å²) >= 11 is 0. The third-order valence-corrected chi connectivity index (χ3v) is 4.79. The smallest absolute Gasteiger partial charge is 0.410 e. The molecule has 2 unspecified atom stereocenters. The van der Waals surface area contributed by atoms with Crippen molar-refractivity contribution in [2.24, 2.45) is 0 Å². The molecule has 0 radical (unpaired) electrons. The number of piperidine rings is 1. The topological polar surface area (TPSA) is 68.2 Å². The minimum atomic E-state index is -0.982. The van der Waals surface area contributed by atoms with E-state index in [0.717, 1.165) is 11.3 Å². The van der Waals surface area contributed by atoms with Crippen LogP contribution in [0.4, 0.5) is 4.79 Å². The zero-order valence-corrected chi connectivity index (χ0v) is 15.3. The second-order valence-electron chi connectivity index (χ2n) is 7.90. The lowest BCUT2D eigenvalue weighted by molar-refractivity contribution is -0.141. The van der Waals surface area contributed by atoms with Crippen LogP contribution in [0, 0.1) is 0 Å². The Kier molecular flexibility index (Phi) is 4.68. The number of rotatable bonds is 2. The summed E-state index contributed by atoms with van der Waals surface area (Å²) in [6.45, 7) is 6.39. The minimum absolute atomic E-state index is 0.200. The van der Waals surface area contributed by atoms with E-state index in [0.29, 0.717) is 26.1 Å². The number of amides is 1. The molecule has 0 aromatic heterocycles. The number of carbonyl (C=O) groups is 1. The van der Waals surface area contributed by atoms with Gasteiger partial charge in [0.15, 0.2) is 0 Å². The van der Waals surface area contributed by atoms with Gasteiger partial charge in [0.05, 0.1) is 38.0 Å². The number of fused-ring (bicyclic) bond motifs is 2. The lowest BCUT2D eigenvalue weighted by Gasteiger charge is -2.51. The third-order valence-electron chi connectivity index (χ3n) is 4.79. The molecule has 0 aliphatic carbocycles. The molecule has 1 N–H and O–H groups in total. The summed E-state index contributed by atoms with van der Waals surface area (Å²) in [7, 11) is 1.62. The van der Waals surface area contributed by atoms with E-state index in [2.05, 4.69) is 0 Å². The number of hydrogen-bond donors (Lipinski definition) is 1. The molecule has 2 heterocycles. The van der Waals surface area contributed by atoms with Gasteiger partial charge in [-0.25, -0.2) is 4.79 Å². The van der Waals surface area contributed by atoms with Gasteiger partial charge in [-0.1, -0.05) is 12.1 Å². The van der Waals surface area contributed by atoms with Crippen LogP contribution >= 0.6 is 0 Å². The minimum Gasteiger partial charge on any atom is -0.497 e. The SMILES string of the molecule is COc1ccc(C2(O)CC3COCC(C2)N3C(=O)OC(C)(C)C)cc1. The first-order chi connectivity index (χ1) is 11.7. The summed E-state index contributed by atoms with van der Waals surface area (Å²) in [4.78, 5) is 14.4. The first-order valence-corrected chi connectivity index (χ1v) is 8.68. The number of benzene rings is 1.